The van der Waals surface area contributed by atoms with Crippen molar-refractivity contribution in [2.45, 2.75) is 24.8 Å². The van der Waals surface area contributed by atoms with Crippen LogP contribution in [-0.4, -0.2) is 46.3 Å². The molecule has 6 rings (SSSR count). The van der Waals surface area contributed by atoms with E-state index in [4.69, 9.17) is 9.52 Å². The number of rotatable bonds is 5. The van der Waals surface area contributed by atoms with Crippen LogP contribution in [0.15, 0.2) is 59.2 Å². The molecule has 29 heavy (non-hydrogen) atoms. The Morgan fingerprint density at radius 2 is 2.10 bits per heavy atom. The lowest BCUT2D eigenvalue weighted by Crippen LogP contribution is -2.56. The van der Waals surface area contributed by atoms with E-state index in [-0.39, 0.29) is 5.91 Å². The zero-order valence-corrected chi connectivity index (χ0v) is 16.6. The van der Waals surface area contributed by atoms with Crippen LogP contribution < -0.4 is 5.32 Å². The van der Waals surface area contributed by atoms with Crippen LogP contribution in [0.1, 0.15) is 35.0 Å². The number of furan rings is 1. The lowest BCUT2D eigenvalue weighted by Gasteiger charge is -2.49. The van der Waals surface area contributed by atoms with Crippen LogP contribution >= 0.6 is 0 Å². The Bertz CT molecular complexity index is 980. The Balaban J connectivity index is 1.27. The first-order chi connectivity index (χ1) is 14.2. The number of nitrogens with zero attached hydrogens (tertiary/aromatic N) is 3. The summed E-state index contributed by atoms with van der Waals surface area (Å²) >= 11 is 0. The van der Waals surface area contributed by atoms with E-state index in [2.05, 4.69) is 52.3 Å². The third-order valence-electron chi connectivity index (χ3n) is 6.49. The predicted molar refractivity (Wildman–Crippen MR) is 111 cm³/mol. The number of nitrogens with one attached hydrogen (secondary N) is 1. The van der Waals surface area contributed by atoms with Gasteiger partial charge in [-0.3, -0.25) is 14.4 Å². The van der Waals surface area contributed by atoms with Gasteiger partial charge >= 0.3 is 0 Å². The second-order valence-corrected chi connectivity index (χ2v) is 8.17. The van der Waals surface area contributed by atoms with Crippen LogP contribution in [0.5, 0.6) is 0 Å². The van der Waals surface area contributed by atoms with Crippen LogP contribution in [0, 0.1) is 5.92 Å². The average molecular weight is 390 g/mol. The highest BCUT2D eigenvalue weighted by Crippen LogP contribution is 2.42. The quantitative estimate of drug-likeness (QED) is 0.726. The van der Waals surface area contributed by atoms with E-state index >= 15 is 0 Å². The van der Waals surface area contributed by atoms with Crippen molar-refractivity contribution in [3.8, 4) is 11.3 Å². The van der Waals surface area contributed by atoms with Crippen molar-refractivity contribution >= 4 is 5.91 Å². The van der Waals surface area contributed by atoms with E-state index in [1.54, 1.807) is 12.1 Å². The number of aryl methyl sites for hydroxylation is 1. The molecular formula is C23H26N4O2. The number of carbonyl (C=O) groups excluding carboxylic acids is 1. The zero-order chi connectivity index (χ0) is 19.8. The van der Waals surface area contributed by atoms with E-state index in [0.29, 0.717) is 30.2 Å². The van der Waals surface area contributed by atoms with Gasteiger partial charge in [-0.1, -0.05) is 30.3 Å². The Kier molecular flexibility index (Phi) is 4.72. The molecule has 1 aromatic carbocycles. The van der Waals surface area contributed by atoms with Gasteiger partial charge in [0.25, 0.3) is 5.91 Å². The molecule has 0 spiro atoms. The minimum atomic E-state index is -0.131. The summed E-state index contributed by atoms with van der Waals surface area (Å²) in [5.41, 5.74) is 3.52. The van der Waals surface area contributed by atoms with Crippen molar-refractivity contribution < 1.29 is 9.21 Å². The molecule has 0 aliphatic carbocycles. The monoisotopic (exact) mass is 390 g/mol. The summed E-state index contributed by atoms with van der Waals surface area (Å²) in [5, 5.41) is 7.82. The normalized spacial score (nSPS) is 25.8. The third kappa shape index (κ3) is 3.49. The Morgan fingerprint density at radius 1 is 1.24 bits per heavy atom. The summed E-state index contributed by atoms with van der Waals surface area (Å²) in [4.78, 5) is 14.7. The lowest BCUT2D eigenvalue weighted by molar-refractivity contribution is 0.0278. The largest absolute Gasteiger partial charge is 0.459 e. The zero-order valence-electron chi connectivity index (χ0n) is 16.6. The van der Waals surface area contributed by atoms with E-state index in [9.17, 15) is 4.79 Å². The van der Waals surface area contributed by atoms with Crippen molar-refractivity contribution in [3.05, 3.63) is 66.2 Å². The van der Waals surface area contributed by atoms with Gasteiger partial charge in [-0.05, 0) is 43.5 Å². The standard InChI is InChI=1S/C23H26N4O2/c1-26-21(13-20(25-26)16-6-3-2-4-7-16)19-15-27-10-9-17(19)12-18(27)14-24-23(28)22-8-5-11-29-22/h2-8,11,13,17-19H,9-10,12,14-15H2,1H3,(H,24,28). The number of benzene rings is 1. The lowest BCUT2D eigenvalue weighted by atomic mass is 9.74. The molecule has 150 valence electrons. The predicted octanol–water partition coefficient (Wildman–Crippen LogP) is 3.29. The van der Waals surface area contributed by atoms with Crippen LogP contribution in [0.2, 0.25) is 0 Å². The first kappa shape index (κ1) is 18.2. The topological polar surface area (TPSA) is 63.3 Å². The van der Waals surface area contributed by atoms with Crippen LogP contribution in [0.3, 0.4) is 0 Å². The summed E-state index contributed by atoms with van der Waals surface area (Å²) in [6.45, 7) is 2.80. The van der Waals surface area contributed by atoms with Gasteiger partial charge in [0.05, 0.1) is 12.0 Å². The van der Waals surface area contributed by atoms with E-state index in [1.165, 1.54) is 18.4 Å². The van der Waals surface area contributed by atoms with Crippen LogP contribution in [0.25, 0.3) is 11.3 Å². The molecule has 5 heterocycles. The van der Waals surface area contributed by atoms with Gasteiger partial charge in [-0.25, -0.2) is 0 Å². The highest BCUT2D eigenvalue weighted by Gasteiger charge is 2.41. The Labute approximate surface area is 170 Å². The number of hydrogen-bond acceptors (Lipinski definition) is 4. The molecule has 2 bridgehead atoms. The molecule has 2 aromatic heterocycles. The number of fused-ring (bicyclic) bond motifs is 3. The van der Waals surface area contributed by atoms with Gasteiger partial charge in [0.15, 0.2) is 5.76 Å². The number of piperidine rings is 3. The molecule has 3 aliphatic heterocycles. The smallest absolute Gasteiger partial charge is 0.287 e. The highest BCUT2D eigenvalue weighted by molar-refractivity contribution is 5.91. The molecule has 3 saturated heterocycles. The number of carbonyl (C=O) groups is 1. The molecule has 4 unspecified atom stereocenters. The molecule has 3 aliphatic rings. The number of hydrogen-bond donors (Lipinski definition) is 1. The Morgan fingerprint density at radius 3 is 2.83 bits per heavy atom. The van der Waals surface area contributed by atoms with Crippen molar-refractivity contribution in [3.63, 3.8) is 0 Å². The first-order valence-corrected chi connectivity index (χ1v) is 10.3. The van der Waals surface area contributed by atoms with Crippen molar-refractivity contribution in [1.29, 1.82) is 0 Å². The maximum absolute atomic E-state index is 12.2. The van der Waals surface area contributed by atoms with E-state index in [0.717, 1.165) is 30.8 Å². The molecular weight excluding hydrogens is 364 g/mol. The molecule has 1 N–H and O–H groups in total. The van der Waals surface area contributed by atoms with Gasteiger partial charge in [0, 0.05) is 43.4 Å². The van der Waals surface area contributed by atoms with Gasteiger partial charge < -0.3 is 9.73 Å². The van der Waals surface area contributed by atoms with E-state index < -0.39 is 0 Å². The minimum absolute atomic E-state index is 0.131. The number of aromatic nitrogens is 2. The molecule has 0 saturated carbocycles. The maximum Gasteiger partial charge on any atom is 0.287 e. The fraction of sp³-hybridized carbons (Fsp3) is 0.391. The highest BCUT2D eigenvalue weighted by atomic mass is 16.3. The van der Waals surface area contributed by atoms with E-state index in [1.807, 2.05) is 6.07 Å². The van der Waals surface area contributed by atoms with Crippen LogP contribution in [-0.2, 0) is 7.05 Å². The molecule has 4 atom stereocenters. The minimum Gasteiger partial charge on any atom is -0.459 e. The van der Waals surface area contributed by atoms with Crippen molar-refractivity contribution in [2.24, 2.45) is 13.0 Å². The Hall–Kier alpha value is -2.86. The van der Waals surface area contributed by atoms with Gasteiger partial charge in [0.1, 0.15) is 0 Å². The molecule has 6 heteroatoms. The number of amides is 1. The molecule has 3 aromatic rings. The van der Waals surface area contributed by atoms with Gasteiger partial charge in [-0.2, -0.15) is 5.10 Å². The molecule has 6 nitrogen and oxygen atoms in total. The SMILES string of the molecule is Cn1nc(-c2ccccc2)cc1C1CN2CCC1CC2CNC(=O)c1ccco1. The summed E-state index contributed by atoms with van der Waals surface area (Å²) in [5.74, 6) is 1.37. The first-order valence-electron chi connectivity index (χ1n) is 10.3. The van der Waals surface area contributed by atoms with Gasteiger partial charge in [-0.15, -0.1) is 0 Å². The van der Waals surface area contributed by atoms with Gasteiger partial charge in [0.2, 0.25) is 0 Å². The summed E-state index contributed by atoms with van der Waals surface area (Å²) in [6, 6.07) is 16.5. The average Bonchev–Trinajstić information content (AvgIpc) is 3.43. The fourth-order valence-corrected chi connectivity index (χ4v) is 4.97. The molecule has 0 radical (unpaired) electrons. The third-order valence-corrected chi connectivity index (χ3v) is 6.49. The molecule has 3 fully saturated rings. The van der Waals surface area contributed by atoms with Crippen molar-refractivity contribution in [2.75, 3.05) is 19.6 Å². The maximum atomic E-state index is 12.2. The summed E-state index contributed by atoms with van der Waals surface area (Å²) in [6.07, 6.45) is 3.84. The van der Waals surface area contributed by atoms with Crippen LogP contribution in [0.4, 0.5) is 0 Å². The second kappa shape index (κ2) is 7.52. The fourth-order valence-electron chi connectivity index (χ4n) is 4.97. The van der Waals surface area contributed by atoms with Crippen molar-refractivity contribution in [1.82, 2.24) is 20.0 Å². The molecule has 1 amide bonds. The summed E-state index contributed by atoms with van der Waals surface area (Å²) < 4.78 is 7.25. The second-order valence-electron chi connectivity index (χ2n) is 8.17. The summed E-state index contributed by atoms with van der Waals surface area (Å²) in [7, 11) is 2.06.